The van der Waals surface area contributed by atoms with Crippen molar-refractivity contribution in [2.24, 2.45) is 0 Å². The number of nitrogens with zero attached hydrogens (tertiary/aromatic N) is 2. The van der Waals surface area contributed by atoms with E-state index in [1.165, 1.54) is 6.33 Å². The van der Waals surface area contributed by atoms with Crippen molar-refractivity contribution in [2.75, 3.05) is 18.5 Å². The predicted octanol–water partition coefficient (Wildman–Crippen LogP) is 2.89. The number of fused-ring (bicyclic) bond motifs is 1. The molecule has 6 heteroatoms. The topological polar surface area (TPSA) is 47.0 Å². The minimum Gasteiger partial charge on any atom is -0.381 e. The van der Waals surface area contributed by atoms with Gasteiger partial charge in [0.1, 0.15) is 12.1 Å². The minimum absolute atomic E-state index is 0.226. The van der Waals surface area contributed by atoms with E-state index >= 15 is 0 Å². The first-order valence-electron chi connectivity index (χ1n) is 6.68. The van der Waals surface area contributed by atoms with Crippen molar-refractivity contribution >= 4 is 16.7 Å². The molecular formula is C14H15F2N3O. The van der Waals surface area contributed by atoms with Crippen LogP contribution in [0.4, 0.5) is 14.6 Å². The molecule has 0 radical (unpaired) electrons. The van der Waals surface area contributed by atoms with Gasteiger partial charge in [0.25, 0.3) is 0 Å². The summed E-state index contributed by atoms with van der Waals surface area (Å²) in [6, 6.07) is 2.46. The Hall–Kier alpha value is -1.82. The molecule has 2 aromatic rings. The average molecular weight is 279 g/mol. The highest BCUT2D eigenvalue weighted by Gasteiger charge is 2.15. The summed E-state index contributed by atoms with van der Waals surface area (Å²) in [5.74, 6) is -1.25. The van der Waals surface area contributed by atoms with E-state index in [-0.39, 0.29) is 6.04 Å². The van der Waals surface area contributed by atoms with Gasteiger partial charge < -0.3 is 10.1 Å². The van der Waals surface area contributed by atoms with Crippen molar-refractivity contribution in [2.45, 2.75) is 25.3 Å². The molecule has 20 heavy (non-hydrogen) atoms. The van der Waals surface area contributed by atoms with E-state index in [0.29, 0.717) is 23.3 Å². The maximum atomic E-state index is 13.4. The Balaban J connectivity index is 1.92. The van der Waals surface area contributed by atoms with Crippen LogP contribution in [-0.2, 0) is 4.74 Å². The van der Waals surface area contributed by atoms with Gasteiger partial charge in [0.15, 0.2) is 11.6 Å². The summed E-state index contributed by atoms with van der Waals surface area (Å²) in [5, 5.41) is 3.79. The summed E-state index contributed by atoms with van der Waals surface area (Å²) >= 11 is 0. The smallest absolute Gasteiger partial charge is 0.161 e. The molecule has 1 fully saturated rings. The second-order valence-electron chi connectivity index (χ2n) is 4.89. The van der Waals surface area contributed by atoms with Crippen molar-refractivity contribution in [3.8, 4) is 0 Å². The zero-order valence-electron chi connectivity index (χ0n) is 10.9. The molecular weight excluding hydrogens is 264 g/mol. The summed E-state index contributed by atoms with van der Waals surface area (Å²) in [7, 11) is 0. The fourth-order valence-corrected chi connectivity index (χ4v) is 2.41. The molecule has 3 rings (SSSR count). The highest BCUT2D eigenvalue weighted by Crippen LogP contribution is 2.24. The van der Waals surface area contributed by atoms with Crippen LogP contribution in [-0.4, -0.2) is 29.2 Å². The summed E-state index contributed by atoms with van der Waals surface area (Å²) in [6.45, 7) is 1.46. The Bertz CT molecular complexity index is 613. The van der Waals surface area contributed by atoms with E-state index in [1.54, 1.807) is 0 Å². The van der Waals surface area contributed by atoms with Crippen molar-refractivity contribution < 1.29 is 13.5 Å². The van der Waals surface area contributed by atoms with Crippen LogP contribution in [0.1, 0.15) is 19.3 Å². The van der Waals surface area contributed by atoms with Crippen molar-refractivity contribution in [3.05, 3.63) is 30.1 Å². The molecule has 1 unspecified atom stereocenters. The molecule has 1 aromatic carbocycles. The van der Waals surface area contributed by atoms with Crippen LogP contribution in [0, 0.1) is 11.6 Å². The summed E-state index contributed by atoms with van der Waals surface area (Å²) in [5.41, 5.74) is 0.395. The molecule has 0 aliphatic carbocycles. The van der Waals surface area contributed by atoms with Gasteiger partial charge >= 0.3 is 0 Å². The molecule has 0 amide bonds. The molecule has 106 valence electrons. The lowest BCUT2D eigenvalue weighted by atomic mass is 10.1. The Kier molecular flexibility index (Phi) is 3.73. The predicted molar refractivity (Wildman–Crippen MR) is 71.5 cm³/mol. The van der Waals surface area contributed by atoms with E-state index in [1.807, 2.05) is 0 Å². The fourth-order valence-electron chi connectivity index (χ4n) is 2.41. The Labute approximate surface area is 115 Å². The Morgan fingerprint density at radius 1 is 1.10 bits per heavy atom. The highest BCUT2D eigenvalue weighted by atomic mass is 19.2. The minimum atomic E-state index is -0.898. The SMILES string of the molecule is Fc1cc2ncnc(NC3CCCOCC3)c2cc1F. The van der Waals surface area contributed by atoms with Crippen LogP contribution in [0.25, 0.3) is 10.9 Å². The number of anilines is 1. The first-order chi connectivity index (χ1) is 9.74. The molecule has 0 saturated carbocycles. The molecule has 0 bridgehead atoms. The van der Waals surface area contributed by atoms with Crippen LogP contribution in [0.2, 0.25) is 0 Å². The number of rotatable bonds is 2. The van der Waals surface area contributed by atoms with Gasteiger partial charge in [0.2, 0.25) is 0 Å². The standard InChI is InChI=1S/C14H15F2N3O/c15-11-6-10-13(7-12(11)16)17-8-18-14(10)19-9-2-1-4-20-5-3-9/h6-9H,1-5H2,(H,17,18,19). The van der Waals surface area contributed by atoms with Gasteiger partial charge in [-0.3, -0.25) is 0 Å². The molecule has 4 nitrogen and oxygen atoms in total. The number of ether oxygens (including phenoxy) is 1. The van der Waals surface area contributed by atoms with E-state index in [4.69, 9.17) is 4.74 Å². The number of nitrogens with one attached hydrogen (secondary N) is 1. The summed E-state index contributed by atoms with van der Waals surface area (Å²) in [4.78, 5) is 8.12. The average Bonchev–Trinajstić information content (AvgIpc) is 2.70. The molecule has 1 N–H and O–H groups in total. The number of hydrogen-bond donors (Lipinski definition) is 1. The first-order valence-corrected chi connectivity index (χ1v) is 6.68. The van der Waals surface area contributed by atoms with Gasteiger partial charge in [-0.15, -0.1) is 0 Å². The lowest BCUT2D eigenvalue weighted by Gasteiger charge is -2.17. The number of hydrogen-bond acceptors (Lipinski definition) is 4. The monoisotopic (exact) mass is 279 g/mol. The van der Waals surface area contributed by atoms with Crippen LogP contribution < -0.4 is 5.32 Å². The number of benzene rings is 1. The third-order valence-corrected chi connectivity index (χ3v) is 3.47. The fraction of sp³-hybridized carbons (Fsp3) is 0.429. The van der Waals surface area contributed by atoms with E-state index in [2.05, 4.69) is 15.3 Å². The molecule has 1 aliphatic rings. The van der Waals surface area contributed by atoms with Crippen molar-refractivity contribution in [1.29, 1.82) is 0 Å². The van der Waals surface area contributed by atoms with Crippen LogP contribution in [0.3, 0.4) is 0 Å². The normalized spacial score (nSPS) is 19.8. The maximum absolute atomic E-state index is 13.4. The molecule has 0 spiro atoms. The van der Waals surface area contributed by atoms with Crippen LogP contribution in [0.15, 0.2) is 18.5 Å². The third kappa shape index (κ3) is 2.70. The van der Waals surface area contributed by atoms with Crippen LogP contribution >= 0.6 is 0 Å². The third-order valence-electron chi connectivity index (χ3n) is 3.47. The highest BCUT2D eigenvalue weighted by molar-refractivity contribution is 5.88. The zero-order chi connectivity index (χ0) is 13.9. The summed E-state index contributed by atoms with van der Waals surface area (Å²) < 4.78 is 32.0. The second kappa shape index (κ2) is 5.66. The van der Waals surface area contributed by atoms with Gasteiger partial charge in [0.05, 0.1) is 5.52 Å². The number of aromatic nitrogens is 2. The maximum Gasteiger partial charge on any atom is 0.161 e. The zero-order valence-corrected chi connectivity index (χ0v) is 10.9. The molecule has 1 aliphatic heterocycles. The van der Waals surface area contributed by atoms with Crippen molar-refractivity contribution in [1.82, 2.24) is 9.97 Å². The van der Waals surface area contributed by atoms with E-state index < -0.39 is 11.6 Å². The van der Waals surface area contributed by atoms with Gasteiger partial charge in [-0.1, -0.05) is 0 Å². The van der Waals surface area contributed by atoms with Crippen molar-refractivity contribution in [3.63, 3.8) is 0 Å². The van der Waals surface area contributed by atoms with Gasteiger partial charge in [-0.25, -0.2) is 18.7 Å². The lowest BCUT2D eigenvalue weighted by Crippen LogP contribution is -2.20. The van der Waals surface area contributed by atoms with Gasteiger partial charge in [-0.05, 0) is 25.3 Å². The van der Waals surface area contributed by atoms with E-state index in [9.17, 15) is 8.78 Å². The quantitative estimate of drug-likeness (QED) is 0.918. The molecule has 1 atom stereocenters. The second-order valence-corrected chi connectivity index (χ2v) is 4.89. The molecule has 1 aromatic heterocycles. The Morgan fingerprint density at radius 3 is 2.85 bits per heavy atom. The summed E-state index contributed by atoms with van der Waals surface area (Å²) in [6.07, 6.45) is 4.17. The number of halogens is 2. The van der Waals surface area contributed by atoms with Crippen LogP contribution in [0.5, 0.6) is 0 Å². The molecule has 1 saturated heterocycles. The largest absolute Gasteiger partial charge is 0.381 e. The van der Waals surface area contributed by atoms with Gasteiger partial charge in [0, 0.05) is 30.7 Å². The Morgan fingerprint density at radius 2 is 1.95 bits per heavy atom. The molecule has 2 heterocycles. The first kappa shape index (κ1) is 13.2. The lowest BCUT2D eigenvalue weighted by molar-refractivity contribution is 0.144. The van der Waals surface area contributed by atoms with E-state index in [0.717, 1.165) is 38.0 Å². The van der Waals surface area contributed by atoms with Gasteiger partial charge in [-0.2, -0.15) is 0 Å².